The molecule has 0 aromatic heterocycles. The van der Waals surface area contributed by atoms with Crippen molar-refractivity contribution in [3.63, 3.8) is 0 Å². The highest BCUT2D eigenvalue weighted by Crippen LogP contribution is 2.23. The first-order valence-corrected chi connectivity index (χ1v) is 5.51. The van der Waals surface area contributed by atoms with Crippen molar-refractivity contribution in [2.45, 2.75) is 13.8 Å². The molecular weight excluding hydrogens is 196 g/mol. The third-order valence-corrected chi connectivity index (χ3v) is 2.45. The Morgan fingerprint density at radius 3 is 2.56 bits per heavy atom. The quantitative estimate of drug-likeness (QED) is 0.749. The van der Waals surface area contributed by atoms with Crippen molar-refractivity contribution >= 4 is 0 Å². The number of benzene rings is 2. The fourth-order valence-corrected chi connectivity index (χ4v) is 1.60. The Bertz CT molecular complexity index is 457. The van der Waals surface area contributed by atoms with Gasteiger partial charge in [0.2, 0.25) is 0 Å². The molecule has 2 aromatic carbocycles. The molecule has 0 unspecified atom stereocenters. The van der Waals surface area contributed by atoms with Gasteiger partial charge in [-0.25, -0.2) is 0 Å². The summed E-state index contributed by atoms with van der Waals surface area (Å²) < 4.78 is 5.47. The smallest absolute Gasteiger partial charge is 0.119 e. The largest absolute Gasteiger partial charge is 0.494 e. The van der Waals surface area contributed by atoms with Crippen LogP contribution >= 0.6 is 0 Å². The summed E-state index contributed by atoms with van der Waals surface area (Å²) in [6.45, 7) is 4.77. The maximum Gasteiger partial charge on any atom is 0.119 e. The topological polar surface area (TPSA) is 9.23 Å². The summed E-state index contributed by atoms with van der Waals surface area (Å²) in [6, 6.07) is 17.5. The standard InChI is InChI=1S/C15H15O/c1-3-16-15-6-4-5-14(11-15)13-9-7-12(2)8-10-13/h4,6-11H,3H2,1-2H3. The number of hydrogen-bond donors (Lipinski definition) is 0. The third-order valence-electron chi connectivity index (χ3n) is 2.45. The van der Waals surface area contributed by atoms with Gasteiger partial charge >= 0.3 is 0 Å². The van der Waals surface area contributed by atoms with Crippen LogP contribution in [0.25, 0.3) is 11.1 Å². The van der Waals surface area contributed by atoms with Crippen LogP contribution < -0.4 is 4.74 Å². The normalized spacial score (nSPS) is 10.1. The average molecular weight is 211 g/mol. The minimum atomic E-state index is 0.692. The molecule has 2 rings (SSSR count). The maximum atomic E-state index is 5.47. The average Bonchev–Trinajstić information content (AvgIpc) is 2.31. The van der Waals surface area contributed by atoms with Gasteiger partial charge in [-0.2, -0.15) is 0 Å². The van der Waals surface area contributed by atoms with Crippen LogP contribution in [-0.2, 0) is 0 Å². The molecule has 16 heavy (non-hydrogen) atoms. The fraction of sp³-hybridized carbons (Fsp3) is 0.200. The van der Waals surface area contributed by atoms with Crippen molar-refractivity contribution < 1.29 is 4.74 Å². The lowest BCUT2D eigenvalue weighted by molar-refractivity contribution is 0.340. The summed E-state index contributed by atoms with van der Waals surface area (Å²) in [5.74, 6) is 0.900. The predicted octanol–water partition coefficient (Wildman–Crippen LogP) is 3.86. The first kappa shape index (κ1) is 10.7. The first-order valence-electron chi connectivity index (χ1n) is 5.51. The molecule has 1 nitrogen and oxygen atoms in total. The predicted molar refractivity (Wildman–Crippen MR) is 66.6 cm³/mol. The zero-order valence-corrected chi connectivity index (χ0v) is 9.66. The van der Waals surface area contributed by atoms with Crippen molar-refractivity contribution in [2.75, 3.05) is 6.61 Å². The molecule has 81 valence electrons. The number of rotatable bonds is 3. The van der Waals surface area contributed by atoms with Gasteiger partial charge in [-0.3, -0.25) is 0 Å². The maximum absolute atomic E-state index is 5.47. The Balaban J connectivity index is 2.32. The van der Waals surface area contributed by atoms with Crippen LogP contribution in [0.5, 0.6) is 5.75 Å². The Kier molecular flexibility index (Phi) is 3.25. The van der Waals surface area contributed by atoms with Crippen LogP contribution in [0, 0.1) is 13.0 Å². The molecule has 1 heteroatoms. The highest BCUT2D eigenvalue weighted by atomic mass is 16.5. The number of ether oxygens (including phenoxy) is 1. The molecule has 0 N–H and O–H groups in total. The van der Waals surface area contributed by atoms with Gasteiger partial charge in [0.05, 0.1) is 6.61 Å². The SMILES string of the molecule is CCOc1cc[c]c(-c2ccc(C)cc2)c1. The lowest BCUT2D eigenvalue weighted by atomic mass is 10.0. The van der Waals surface area contributed by atoms with Crippen LogP contribution in [0.3, 0.4) is 0 Å². The Morgan fingerprint density at radius 1 is 1.12 bits per heavy atom. The van der Waals surface area contributed by atoms with E-state index >= 15 is 0 Å². The van der Waals surface area contributed by atoms with E-state index in [1.54, 1.807) is 0 Å². The molecule has 0 aliphatic carbocycles. The van der Waals surface area contributed by atoms with E-state index in [9.17, 15) is 0 Å². The molecule has 0 spiro atoms. The fourth-order valence-electron chi connectivity index (χ4n) is 1.60. The summed E-state index contributed by atoms with van der Waals surface area (Å²) in [4.78, 5) is 0. The monoisotopic (exact) mass is 211 g/mol. The van der Waals surface area contributed by atoms with Crippen LogP contribution in [0.1, 0.15) is 12.5 Å². The molecule has 0 amide bonds. The zero-order chi connectivity index (χ0) is 11.4. The van der Waals surface area contributed by atoms with Crippen LogP contribution in [0.2, 0.25) is 0 Å². The van der Waals surface area contributed by atoms with Crippen molar-refractivity contribution in [3.05, 3.63) is 54.1 Å². The summed E-state index contributed by atoms with van der Waals surface area (Å²) in [6.07, 6.45) is 0. The van der Waals surface area contributed by atoms with Crippen LogP contribution in [0.15, 0.2) is 42.5 Å². The minimum Gasteiger partial charge on any atom is -0.494 e. The Labute approximate surface area is 96.7 Å². The molecule has 0 saturated carbocycles. The first-order chi connectivity index (χ1) is 7.79. The summed E-state index contributed by atoms with van der Waals surface area (Å²) >= 11 is 0. The van der Waals surface area contributed by atoms with E-state index in [0.29, 0.717) is 6.61 Å². The van der Waals surface area contributed by atoms with E-state index in [1.165, 1.54) is 11.1 Å². The van der Waals surface area contributed by atoms with Gasteiger partial charge in [-0.05, 0) is 43.2 Å². The third kappa shape index (κ3) is 2.43. The van der Waals surface area contributed by atoms with Gasteiger partial charge < -0.3 is 4.74 Å². The van der Waals surface area contributed by atoms with Crippen molar-refractivity contribution in [1.82, 2.24) is 0 Å². The van der Waals surface area contributed by atoms with E-state index < -0.39 is 0 Å². The Hall–Kier alpha value is -1.76. The van der Waals surface area contributed by atoms with Crippen LogP contribution in [-0.4, -0.2) is 6.61 Å². The molecule has 1 radical (unpaired) electrons. The Morgan fingerprint density at radius 2 is 1.88 bits per heavy atom. The summed E-state index contributed by atoms with van der Waals surface area (Å²) in [7, 11) is 0. The van der Waals surface area contributed by atoms with Crippen molar-refractivity contribution in [1.29, 1.82) is 0 Å². The highest BCUT2D eigenvalue weighted by Gasteiger charge is 1.99. The van der Waals surface area contributed by atoms with Crippen molar-refractivity contribution in [2.24, 2.45) is 0 Å². The second-order valence-corrected chi connectivity index (χ2v) is 3.74. The molecule has 0 heterocycles. The van der Waals surface area contributed by atoms with Gasteiger partial charge in [0.15, 0.2) is 0 Å². The second-order valence-electron chi connectivity index (χ2n) is 3.74. The van der Waals surface area contributed by atoms with E-state index in [2.05, 4.69) is 37.3 Å². The number of aryl methyl sites for hydroxylation is 1. The number of hydrogen-bond acceptors (Lipinski definition) is 1. The van der Waals surface area contributed by atoms with E-state index in [-0.39, 0.29) is 0 Å². The molecule has 0 atom stereocenters. The molecule has 0 aliphatic rings. The van der Waals surface area contributed by atoms with Gasteiger partial charge in [0, 0.05) is 0 Å². The summed E-state index contributed by atoms with van der Waals surface area (Å²) in [5.41, 5.74) is 3.52. The van der Waals surface area contributed by atoms with E-state index in [4.69, 9.17) is 4.74 Å². The minimum absolute atomic E-state index is 0.692. The van der Waals surface area contributed by atoms with E-state index in [1.807, 2.05) is 25.1 Å². The van der Waals surface area contributed by atoms with Gasteiger partial charge in [0.1, 0.15) is 5.75 Å². The molecule has 0 aliphatic heterocycles. The molecule has 0 bridgehead atoms. The van der Waals surface area contributed by atoms with Crippen molar-refractivity contribution in [3.8, 4) is 16.9 Å². The lowest BCUT2D eigenvalue weighted by Crippen LogP contribution is -1.91. The molecule has 0 fully saturated rings. The van der Waals surface area contributed by atoms with E-state index in [0.717, 1.165) is 11.3 Å². The molecular formula is C15H15O. The van der Waals surface area contributed by atoms with Gasteiger partial charge in [-0.1, -0.05) is 35.9 Å². The molecule has 2 aromatic rings. The van der Waals surface area contributed by atoms with Gasteiger partial charge in [0.25, 0.3) is 0 Å². The lowest BCUT2D eigenvalue weighted by Gasteiger charge is -2.06. The molecule has 0 saturated heterocycles. The summed E-state index contributed by atoms with van der Waals surface area (Å²) in [5, 5.41) is 0. The zero-order valence-electron chi connectivity index (χ0n) is 9.66. The second kappa shape index (κ2) is 4.84. The van der Waals surface area contributed by atoms with Crippen LogP contribution in [0.4, 0.5) is 0 Å². The van der Waals surface area contributed by atoms with Gasteiger partial charge in [-0.15, -0.1) is 0 Å². The highest BCUT2D eigenvalue weighted by molar-refractivity contribution is 5.64.